The highest BCUT2D eigenvalue weighted by Crippen LogP contribution is 2.27. The lowest BCUT2D eigenvalue weighted by Crippen LogP contribution is -2.43. The summed E-state index contributed by atoms with van der Waals surface area (Å²) >= 11 is 0. The van der Waals surface area contributed by atoms with Crippen LogP contribution in [0.2, 0.25) is 0 Å². The van der Waals surface area contributed by atoms with Gasteiger partial charge in [-0.15, -0.1) is 12.4 Å². The lowest BCUT2D eigenvalue weighted by molar-refractivity contribution is -0.384. The minimum atomic E-state index is -0.454. The van der Waals surface area contributed by atoms with E-state index in [2.05, 4.69) is 17.6 Å². The van der Waals surface area contributed by atoms with Crippen LogP contribution in [0.25, 0.3) is 0 Å². The first-order chi connectivity index (χ1) is 9.91. The molecule has 1 aliphatic rings. The van der Waals surface area contributed by atoms with Gasteiger partial charge < -0.3 is 10.6 Å². The van der Waals surface area contributed by atoms with Crippen molar-refractivity contribution in [2.24, 2.45) is 5.41 Å². The molecule has 0 saturated carbocycles. The van der Waals surface area contributed by atoms with Gasteiger partial charge in [-0.05, 0) is 49.9 Å². The summed E-state index contributed by atoms with van der Waals surface area (Å²) < 4.78 is 0. The number of hydrogen-bond donors (Lipinski definition) is 2. The fraction of sp³-hybridized carbons (Fsp3) is 0.533. The molecule has 0 atom stereocenters. The number of non-ortho nitro benzene ring substituents is 1. The van der Waals surface area contributed by atoms with Crippen LogP contribution in [-0.4, -0.2) is 30.5 Å². The SMILES string of the molecule is Cc1cc([N+](=O)[O-])ccc1C(=O)NCC1(C)CCNCC1.Cl. The number of rotatable bonds is 4. The first-order valence-corrected chi connectivity index (χ1v) is 7.15. The Balaban J connectivity index is 0.00000242. The number of piperidine rings is 1. The molecule has 7 heteroatoms. The normalized spacial score (nSPS) is 16.5. The van der Waals surface area contributed by atoms with E-state index in [-0.39, 0.29) is 29.4 Å². The monoisotopic (exact) mass is 327 g/mol. The minimum absolute atomic E-state index is 0. The topological polar surface area (TPSA) is 84.3 Å². The Labute approximate surface area is 136 Å². The molecule has 2 rings (SSSR count). The summed E-state index contributed by atoms with van der Waals surface area (Å²) in [6, 6.07) is 4.32. The number of nitro groups is 1. The fourth-order valence-electron chi connectivity index (χ4n) is 2.61. The number of aryl methyl sites for hydroxylation is 1. The highest BCUT2D eigenvalue weighted by molar-refractivity contribution is 5.95. The molecule has 0 unspecified atom stereocenters. The van der Waals surface area contributed by atoms with Crippen LogP contribution in [0.4, 0.5) is 5.69 Å². The van der Waals surface area contributed by atoms with Gasteiger partial charge in [0.25, 0.3) is 11.6 Å². The average Bonchev–Trinajstić information content (AvgIpc) is 2.45. The second kappa shape index (κ2) is 7.56. The molecular weight excluding hydrogens is 306 g/mol. The average molecular weight is 328 g/mol. The van der Waals surface area contributed by atoms with E-state index in [1.165, 1.54) is 18.2 Å². The lowest BCUT2D eigenvalue weighted by atomic mass is 9.81. The maximum atomic E-state index is 12.2. The highest BCUT2D eigenvalue weighted by atomic mass is 35.5. The number of nitrogens with one attached hydrogen (secondary N) is 2. The second-order valence-electron chi connectivity index (χ2n) is 6.00. The van der Waals surface area contributed by atoms with Crippen molar-refractivity contribution in [1.82, 2.24) is 10.6 Å². The van der Waals surface area contributed by atoms with E-state index >= 15 is 0 Å². The molecule has 0 spiro atoms. The van der Waals surface area contributed by atoms with Crippen LogP contribution in [-0.2, 0) is 0 Å². The summed E-state index contributed by atoms with van der Waals surface area (Å²) in [4.78, 5) is 22.5. The van der Waals surface area contributed by atoms with E-state index in [0.717, 1.165) is 25.9 Å². The van der Waals surface area contributed by atoms with E-state index in [1.807, 2.05) is 0 Å². The van der Waals surface area contributed by atoms with E-state index < -0.39 is 4.92 Å². The summed E-state index contributed by atoms with van der Waals surface area (Å²) in [5.41, 5.74) is 1.25. The number of carbonyl (C=O) groups is 1. The molecule has 0 aromatic heterocycles. The first-order valence-electron chi connectivity index (χ1n) is 7.15. The molecule has 1 heterocycles. The maximum Gasteiger partial charge on any atom is 0.269 e. The molecule has 1 saturated heterocycles. The molecule has 122 valence electrons. The zero-order chi connectivity index (χ0) is 15.5. The number of benzene rings is 1. The van der Waals surface area contributed by atoms with Crippen LogP contribution in [0.15, 0.2) is 18.2 Å². The van der Waals surface area contributed by atoms with Crippen molar-refractivity contribution in [3.63, 3.8) is 0 Å². The quantitative estimate of drug-likeness (QED) is 0.657. The predicted octanol–water partition coefficient (Wildman–Crippen LogP) is 2.44. The van der Waals surface area contributed by atoms with Crippen molar-refractivity contribution in [1.29, 1.82) is 0 Å². The Bertz CT molecular complexity index is 557. The Morgan fingerprint density at radius 3 is 2.59 bits per heavy atom. The number of amides is 1. The van der Waals surface area contributed by atoms with Gasteiger partial charge in [0.05, 0.1) is 4.92 Å². The Hall–Kier alpha value is -1.66. The zero-order valence-electron chi connectivity index (χ0n) is 12.8. The Morgan fingerprint density at radius 1 is 1.41 bits per heavy atom. The van der Waals surface area contributed by atoms with Gasteiger partial charge in [0.2, 0.25) is 0 Å². The third kappa shape index (κ3) is 4.42. The number of nitro benzene ring substituents is 1. The first kappa shape index (κ1) is 18.4. The van der Waals surface area contributed by atoms with Crippen molar-refractivity contribution < 1.29 is 9.72 Å². The number of halogens is 1. The molecular formula is C15H22ClN3O3. The summed E-state index contributed by atoms with van der Waals surface area (Å²) in [6.45, 7) is 6.47. The molecule has 0 bridgehead atoms. The van der Waals surface area contributed by atoms with Gasteiger partial charge in [0.15, 0.2) is 0 Å². The van der Waals surface area contributed by atoms with Crippen LogP contribution >= 0.6 is 12.4 Å². The smallest absolute Gasteiger partial charge is 0.269 e. The highest BCUT2D eigenvalue weighted by Gasteiger charge is 2.27. The minimum Gasteiger partial charge on any atom is -0.351 e. The second-order valence-corrected chi connectivity index (χ2v) is 6.00. The predicted molar refractivity (Wildman–Crippen MR) is 87.6 cm³/mol. The summed E-state index contributed by atoms with van der Waals surface area (Å²) in [7, 11) is 0. The van der Waals surface area contributed by atoms with Gasteiger partial charge in [-0.1, -0.05) is 6.92 Å². The molecule has 22 heavy (non-hydrogen) atoms. The molecule has 2 N–H and O–H groups in total. The standard InChI is InChI=1S/C15H21N3O3.ClH/c1-11-9-12(18(20)21)3-4-13(11)14(19)17-10-15(2)5-7-16-8-6-15;/h3-4,9,16H,5-8,10H2,1-2H3,(H,17,19);1H. The molecule has 0 aliphatic carbocycles. The van der Waals surface area contributed by atoms with Gasteiger partial charge >= 0.3 is 0 Å². The molecule has 0 radical (unpaired) electrons. The fourth-order valence-corrected chi connectivity index (χ4v) is 2.61. The summed E-state index contributed by atoms with van der Waals surface area (Å²) in [6.07, 6.45) is 2.07. The van der Waals surface area contributed by atoms with Gasteiger partial charge in [0.1, 0.15) is 0 Å². The van der Waals surface area contributed by atoms with Crippen LogP contribution < -0.4 is 10.6 Å². The molecule has 1 fully saturated rings. The molecule has 1 aromatic carbocycles. The van der Waals surface area contributed by atoms with Crippen molar-refractivity contribution in [2.75, 3.05) is 19.6 Å². The summed E-state index contributed by atoms with van der Waals surface area (Å²) in [5.74, 6) is -0.165. The van der Waals surface area contributed by atoms with E-state index in [0.29, 0.717) is 17.7 Å². The van der Waals surface area contributed by atoms with E-state index in [4.69, 9.17) is 0 Å². The van der Waals surface area contributed by atoms with Crippen molar-refractivity contribution >= 4 is 24.0 Å². The molecule has 6 nitrogen and oxygen atoms in total. The van der Waals surface area contributed by atoms with Crippen LogP contribution in [0.5, 0.6) is 0 Å². The third-order valence-corrected chi connectivity index (χ3v) is 4.15. The number of carbonyl (C=O) groups excluding carboxylic acids is 1. The molecule has 1 aromatic rings. The Kier molecular flexibility index (Phi) is 6.32. The van der Waals surface area contributed by atoms with Crippen molar-refractivity contribution in [3.8, 4) is 0 Å². The number of hydrogen-bond acceptors (Lipinski definition) is 4. The maximum absolute atomic E-state index is 12.2. The third-order valence-electron chi connectivity index (χ3n) is 4.15. The summed E-state index contributed by atoms with van der Waals surface area (Å²) in [5, 5.41) is 17.0. The van der Waals surface area contributed by atoms with Gasteiger partial charge in [-0.2, -0.15) is 0 Å². The van der Waals surface area contributed by atoms with Crippen LogP contribution in [0.1, 0.15) is 35.7 Å². The molecule has 1 amide bonds. The van der Waals surface area contributed by atoms with Gasteiger partial charge in [-0.25, -0.2) is 0 Å². The van der Waals surface area contributed by atoms with E-state index in [9.17, 15) is 14.9 Å². The molecule has 1 aliphatic heterocycles. The van der Waals surface area contributed by atoms with Gasteiger partial charge in [0, 0.05) is 24.2 Å². The van der Waals surface area contributed by atoms with Crippen LogP contribution in [0, 0.1) is 22.5 Å². The zero-order valence-corrected chi connectivity index (χ0v) is 13.7. The van der Waals surface area contributed by atoms with Gasteiger partial charge in [-0.3, -0.25) is 14.9 Å². The van der Waals surface area contributed by atoms with Crippen LogP contribution in [0.3, 0.4) is 0 Å². The van der Waals surface area contributed by atoms with E-state index in [1.54, 1.807) is 6.92 Å². The van der Waals surface area contributed by atoms with Crippen molar-refractivity contribution in [3.05, 3.63) is 39.4 Å². The Morgan fingerprint density at radius 2 is 2.05 bits per heavy atom. The van der Waals surface area contributed by atoms with Crippen molar-refractivity contribution in [2.45, 2.75) is 26.7 Å². The lowest BCUT2D eigenvalue weighted by Gasteiger charge is -2.34. The largest absolute Gasteiger partial charge is 0.351 e. The number of nitrogens with zero attached hydrogens (tertiary/aromatic N) is 1.